The van der Waals surface area contributed by atoms with E-state index >= 15 is 0 Å². The number of benzene rings is 2. The second kappa shape index (κ2) is 5.54. The molecule has 0 aliphatic carbocycles. The van der Waals surface area contributed by atoms with Crippen molar-refractivity contribution in [3.63, 3.8) is 0 Å². The molecule has 0 radical (unpaired) electrons. The van der Waals surface area contributed by atoms with Crippen molar-refractivity contribution in [3.8, 4) is 0 Å². The molecule has 146 valence electrons. The van der Waals surface area contributed by atoms with E-state index in [2.05, 4.69) is 10.2 Å². The second-order valence-corrected chi connectivity index (χ2v) is 8.47. The molecule has 2 aromatic rings. The van der Waals surface area contributed by atoms with Crippen molar-refractivity contribution in [1.82, 2.24) is 4.90 Å². The number of nitrogens with zero attached hydrogens (tertiary/aromatic N) is 2. The fourth-order valence-corrected chi connectivity index (χ4v) is 6.21. The highest BCUT2D eigenvalue weighted by Gasteiger charge is 2.74. The number of anilines is 2. The summed E-state index contributed by atoms with van der Waals surface area (Å²) < 4.78 is 0. The first kappa shape index (κ1) is 16.9. The van der Waals surface area contributed by atoms with E-state index in [1.807, 2.05) is 43.3 Å². The van der Waals surface area contributed by atoms with Crippen LogP contribution < -0.4 is 10.2 Å². The first-order valence-corrected chi connectivity index (χ1v) is 10.2. The Bertz CT molecular complexity index is 1080. The van der Waals surface area contributed by atoms with Crippen LogP contribution in [0, 0.1) is 18.8 Å². The third kappa shape index (κ3) is 1.83. The van der Waals surface area contributed by atoms with Crippen molar-refractivity contribution in [3.05, 3.63) is 59.7 Å². The maximum absolute atomic E-state index is 13.7. The summed E-state index contributed by atoms with van der Waals surface area (Å²) in [4.78, 5) is 44.3. The Morgan fingerprint density at radius 1 is 1.00 bits per heavy atom. The van der Waals surface area contributed by atoms with Crippen LogP contribution in [0.15, 0.2) is 48.5 Å². The van der Waals surface area contributed by atoms with Crippen molar-refractivity contribution in [1.29, 1.82) is 0 Å². The van der Waals surface area contributed by atoms with Crippen molar-refractivity contribution in [2.24, 2.45) is 11.8 Å². The molecule has 3 saturated heterocycles. The summed E-state index contributed by atoms with van der Waals surface area (Å²) in [5.41, 5.74) is 2.10. The third-order valence-corrected chi connectivity index (χ3v) is 7.25. The van der Waals surface area contributed by atoms with E-state index in [9.17, 15) is 14.4 Å². The normalized spacial score (nSPS) is 32.7. The fourth-order valence-electron chi connectivity index (χ4n) is 6.21. The first-order chi connectivity index (χ1) is 14.1. The van der Waals surface area contributed by atoms with E-state index in [4.69, 9.17) is 0 Å². The molecular weight excluding hydrogens is 366 g/mol. The van der Waals surface area contributed by atoms with Crippen LogP contribution in [0.4, 0.5) is 11.4 Å². The highest BCUT2D eigenvalue weighted by molar-refractivity contribution is 6.25. The third-order valence-electron chi connectivity index (χ3n) is 7.25. The van der Waals surface area contributed by atoms with Gasteiger partial charge in [-0.15, -0.1) is 0 Å². The standard InChI is InChI=1S/C23H21N3O3/c1-13-7-5-10-15-19(13)24-22(29)23(15)18-17(16-11-6-12-25(16)23)20(27)26(21(18)28)14-8-3-2-4-9-14/h2-5,7-10,16-18H,6,11-12H2,1H3,(H,24,29). The average Bonchev–Trinajstić information content (AvgIpc) is 3.42. The molecule has 3 amide bonds. The molecule has 6 rings (SSSR count). The lowest BCUT2D eigenvalue weighted by molar-refractivity contribution is -0.135. The van der Waals surface area contributed by atoms with Gasteiger partial charge in [-0.3, -0.25) is 19.3 Å². The zero-order valence-electron chi connectivity index (χ0n) is 16.1. The van der Waals surface area contributed by atoms with Gasteiger partial charge in [-0.05, 0) is 44.0 Å². The molecule has 6 heteroatoms. The molecule has 0 aromatic heterocycles. The summed E-state index contributed by atoms with van der Waals surface area (Å²) in [6.07, 6.45) is 1.76. The monoisotopic (exact) mass is 387 g/mol. The summed E-state index contributed by atoms with van der Waals surface area (Å²) >= 11 is 0. The topological polar surface area (TPSA) is 69.7 Å². The van der Waals surface area contributed by atoms with Gasteiger partial charge in [-0.25, -0.2) is 4.90 Å². The Morgan fingerprint density at radius 2 is 1.79 bits per heavy atom. The zero-order chi connectivity index (χ0) is 19.9. The smallest absolute Gasteiger partial charge is 0.250 e. The zero-order valence-corrected chi connectivity index (χ0v) is 16.1. The largest absolute Gasteiger partial charge is 0.324 e. The van der Waals surface area contributed by atoms with Gasteiger partial charge < -0.3 is 5.32 Å². The fraction of sp³-hybridized carbons (Fsp3) is 0.348. The Morgan fingerprint density at radius 3 is 2.59 bits per heavy atom. The van der Waals surface area contributed by atoms with E-state index in [1.54, 1.807) is 12.1 Å². The Hall–Kier alpha value is -2.99. The highest BCUT2D eigenvalue weighted by atomic mass is 16.2. The average molecular weight is 387 g/mol. The number of fused-ring (bicyclic) bond motifs is 7. The van der Waals surface area contributed by atoms with Crippen LogP contribution in [-0.4, -0.2) is 35.2 Å². The van der Waals surface area contributed by atoms with E-state index < -0.39 is 17.4 Å². The van der Waals surface area contributed by atoms with Crippen LogP contribution in [-0.2, 0) is 19.9 Å². The summed E-state index contributed by atoms with van der Waals surface area (Å²) in [5.74, 6) is -1.78. The van der Waals surface area contributed by atoms with Gasteiger partial charge in [0.15, 0.2) is 0 Å². The van der Waals surface area contributed by atoms with Crippen molar-refractivity contribution < 1.29 is 14.4 Å². The van der Waals surface area contributed by atoms with Gasteiger partial charge in [0.05, 0.1) is 17.5 Å². The second-order valence-electron chi connectivity index (χ2n) is 8.47. The van der Waals surface area contributed by atoms with Crippen LogP contribution >= 0.6 is 0 Å². The maximum Gasteiger partial charge on any atom is 0.250 e. The van der Waals surface area contributed by atoms with Gasteiger partial charge in [-0.1, -0.05) is 36.4 Å². The summed E-state index contributed by atoms with van der Waals surface area (Å²) in [6.45, 7) is 2.69. The number of carbonyl (C=O) groups is 3. The minimum Gasteiger partial charge on any atom is -0.324 e. The van der Waals surface area contributed by atoms with Crippen LogP contribution in [0.1, 0.15) is 24.0 Å². The lowest BCUT2D eigenvalue weighted by Crippen LogP contribution is -2.54. The summed E-state index contributed by atoms with van der Waals surface area (Å²) in [5, 5.41) is 3.05. The van der Waals surface area contributed by atoms with Gasteiger partial charge in [0.25, 0.3) is 0 Å². The summed E-state index contributed by atoms with van der Waals surface area (Å²) in [7, 11) is 0. The Labute approximate surface area is 168 Å². The molecule has 2 aromatic carbocycles. The van der Waals surface area contributed by atoms with Crippen molar-refractivity contribution in [2.75, 3.05) is 16.8 Å². The van der Waals surface area contributed by atoms with Crippen LogP contribution in [0.5, 0.6) is 0 Å². The Kier molecular flexibility index (Phi) is 3.23. The molecule has 29 heavy (non-hydrogen) atoms. The number of carbonyl (C=O) groups excluding carboxylic acids is 3. The van der Waals surface area contributed by atoms with Gasteiger partial charge in [0, 0.05) is 17.3 Å². The molecule has 6 nitrogen and oxygen atoms in total. The van der Waals surface area contributed by atoms with Gasteiger partial charge >= 0.3 is 0 Å². The van der Waals surface area contributed by atoms with Gasteiger partial charge in [-0.2, -0.15) is 0 Å². The quantitative estimate of drug-likeness (QED) is 0.763. The number of hydrogen-bond acceptors (Lipinski definition) is 4. The van der Waals surface area contributed by atoms with Crippen molar-refractivity contribution >= 4 is 29.1 Å². The molecule has 0 bridgehead atoms. The molecule has 4 heterocycles. The predicted octanol–water partition coefficient (Wildman–Crippen LogP) is 2.43. The van der Waals surface area contributed by atoms with E-state index in [0.717, 1.165) is 36.2 Å². The number of imide groups is 1. The lowest BCUT2D eigenvalue weighted by Gasteiger charge is -2.36. The lowest BCUT2D eigenvalue weighted by atomic mass is 9.75. The SMILES string of the molecule is Cc1cccc2c1NC(=O)C21C2C(=O)N(c3ccccc3)C(=O)C2C2CCCN21. The molecule has 4 aliphatic rings. The number of para-hydroxylation sites is 2. The molecule has 4 aliphatic heterocycles. The molecular formula is C23H21N3O3. The number of amides is 3. The van der Waals surface area contributed by atoms with E-state index in [1.165, 1.54) is 4.90 Å². The predicted molar refractivity (Wildman–Crippen MR) is 107 cm³/mol. The summed E-state index contributed by atoms with van der Waals surface area (Å²) in [6, 6.07) is 14.8. The molecule has 0 saturated carbocycles. The number of aryl methyl sites for hydroxylation is 1. The van der Waals surface area contributed by atoms with E-state index in [0.29, 0.717) is 5.69 Å². The van der Waals surface area contributed by atoms with Gasteiger partial charge in [0.2, 0.25) is 17.7 Å². The van der Waals surface area contributed by atoms with Crippen molar-refractivity contribution in [2.45, 2.75) is 31.3 Å². The highest BCUT2D eigenvalue weighted by Crippen LogP contribution is 2.60. The Balaban J connectivity index is 1.58. The van der Waals surface area contributed by atoms with E-state index in [-0.39, 0.29) is 23.8 Å². The van der Waals surface area contributed by atoms with Gasteiger partial charge in [0.1, 0.15) is 5.54 Å². The molecule has 4 unspecified atom stereocenters. The molecule has 4 atom stereocenters. The molecule has 1 spiro atoms. The maximum atomic E-state index is 13.7. The number of hydrogen-bond donors (Lipinski definition) is 1. The first-order valence-electron chi connectivity index (χ1n) is 10.2. The van der Waals surface area contributed by atoms with Crippen LogP contribution in [0.25, 0.3) is 0 Å². The van der Waals surface area contributed by atoms with Crippen LogP contribution in [0.2, 0.25) is 0 Å². The minimum absolute atomic E-state index is 0.0811. The number of rotatable bonds is 1. The molecule has 1 N–H and O–H groups in total. The number of nitrogens with one attached hydrogen (secondary N) is 1. The molecule has 3 fully saturated rings. The minimum atomic E-state index is -1.09. The van der Waals surface area contributed by atoms with Crippen LogP contribution in [0.3, 0.4) is 0 Å².